The Balaban J connectivity index is 2.71. The summed E-state index contributed by atoms with van der Waals surface area (Å²) in [7, 11) is 0. The molecule has 0 saturated carbocycles. The summed E-state index contributed by atoms with van der Waals surface area (Å²) in [5, 5.41) is 0. The summed E-state index contributed by atoms with van der Waals surface area (Å²) in [5.41, 5.74) is 1.32. The fraction of sp³-hybridized carbons (Fsp3) is 0.667. The van der Waals surface area contributed by atoms with Gasteiger partial charge in [-0.1, -0.05) is 0 Å². The van der Waals surface area contributed by atoms with E-state index in [-0.39, 0.29) is 0 Å². The maximum atomic E-state index is 10.8. The highest BCUT2D eigenvalue weighted by Crippen LogP contribution is 2.23. The molecule has 0 aromatic carbocycles. The third-order valence-corrected chi connectivity index (χ3v) is 3.21. The molecule has 8 heavy (non-hydrogen) atoms. The minimum Gasteiger partial charge on any atom is -0.612 e. The van der Waals surface area contributed by atoms with Gasteiger partial charge < -0.3 is 4.55 Å². The van der Waals surface area contributed by atoms with Gasteiger partial charge in [-0.05, 0) is 23.7 Å². The highest BCUT2D eigenvalue weighted by atomic mass is 32.2. The molecule has 0 saturated heterocycles. The van der Waals surface area contributed by atoms with Crippen LogP contribution in [0.25, 0.3) is 0 Å². The van der Waals surface area contributed by atoms with E-state index in [0.29, 0.717) is 0 Å². The lowest BCUT2D eigenvalue weighted by Crippen LogP contribution is -1.98. The third-order valence-electron chi connectivity index (χ3n) is 1.60. The van der Waals surface area contributed by atoms with Crippen molar-refractivity contribution in [2.75, 3.05) is 5.75 Å². The Morgan fingerprint density at radius 2 is 2.12 bits per heavy atom. The quantitative estimate of drug-likeness (QED) is 0.455. The molecule has 0 N–H and O–H groups in total. The summed E-state index contributed by atoms with van der Waals surface area (Å²) in [5.74, 6) is 0.859. The van der Waals surface area contributed by atoms with Crippen molar-refractivity contribution < 1.29 is 4.55 Å². The highest BCUT2D eigenvalue weighted by molar-refractivity contribution is 7.95. The van der Waals surface area contributed by atoms with Gasteiger partial charge in [0.05, 0.1) is 0 Å². The van der Waals surface area contributed by atoms with Gasteiger partial charge in [-0.15, -0.1) is 0 Å². The molecule has 0 radical (unpaired) electrons. The monoisotopic (exact) mass is 130 g/mol. The number of allylic oxidation sites excluding steroid dienone is 2. The van der Waals surface area contributed by atoms with E-state index in [9.17, 15) is 4.55 Å². The first-order valence-electron chi connectivity index (χ1n) is 2.76. The fourth-order valence-electron chi connectivity index (χ4n) is 0.769. The van der Waals surface area contributed by atoms with E-state index in [1.165, 1.54) is 5.57 Å². The van der Waals surface area contributed by atoms with Crippen molar-refractivity contribution >= 4 is 11.2 Å². The molecule has 0 spiro atoms. The Morgan fingerprint density at radius 1 is 1.50 bits per heavy atom. The van der Waals surface area contributed by atoms with Gasteiger partial charge in [0, 0.05) is 13.3 Å². The minimum atomic E-state index is -0.618. The molecule has 0 unspecified atom stereocenters. The van der Waals surface area contributed by atoms with Crippen molar-refractivity contribution in [3.05, 3.63) is 10.5 Å². The number of hydrogen-bond acceptors (Lipinski definition) is 1. The van der Waals surface area contributed by atoms with E-state index in [1.807, 2.05) is 6.92 Å². The Hall–Kier alpha value is 0.0500. The predicted molar refractivity (Wildman–Crippen MR) is 36.0 cm³/mol. The second-order valence-electron chi connectivity index (χ2n) is 2.14. The van der Waals surface area contributed by atoms with Gasteiger partial charge in [-0.3, -0.25) is 0 Å². The molecule has 46 valence electrons. The van der Waals surface area contributed by atoms with E-state index in [0.717, 1.165) is 17.1 Å². The van der Waals surface area contributed by atoms with Crippen LogP contribution >= 0.6 is 0 Å². The molecule has 0 aliphatic carbocycles. The molecule has 0 aromatic heterocycles. The largest absolute Gasteiger partial charge is 0.612 e. The summed E-state index contributed by atoms with van der Waals surface area (Å²) in [6.07, 6.45) is 1.04. The van der Waals surface area contributed by atoms with E-state index in [2.05, 4.69) is 6.92 Å². The molecule has 2 heteroatoms. The summed E-state index contributed by atoms with van der Waals surface area (Å²) in [6, 6.07) is 0. The minimum absolute atomic E-state index is 0.618. The lowest BCUT2D eigenvalue weighted by molar-refractivity contribution is 0.603. The summed E-state index contributed by atoms with van der Waals surface area (Å²) >= 11 is -0.618. The Bertz CT molecular complexity index is 128. The molecule has 1 heterocycles. The van der Waals surface area contributed by atoms with Gasteiger partial charge in [-0.2, -0.15) is 0 Å². The van der Waals surface area contributed by atoms with Gasteiger partial charge >= 0.3 is 0 Å². The normalized spacial score (nSPS) is 29.6. The number of rotatable bonds is 0. The molecule has 1 rings (SSSR count). The van der Waals surface area contributed by atoms with Crippen LogP contribution in [-0.2, 0) is 11.2 Å². The Morgan fingerprint density at radius 3 is 2.25 bits per heavy atom. The second-order valence-corrected chi connectivity index (χ2v) is 3.85. The maximum Gasteiger partial charge on any atom is 0.125 e. The molecule has 1 atom stereocenters. The van der Waals surface area contributed by atoms with Gasteiger partial charge in [0.25, 0.3) is 0 Å². The molecule has 0 bridgehead atoms. The van der Waals surface area contributed by atoms with Gasteiger partial charge in [0.2, 0.25) is 0 Å². The lowest BCUT2D eigenvalue weighted by Gasteiger charge is -2.00. The maximum absolute atomic E-state index is 10.8. The van der Waals surface area contributed by atoms with Crippen molar-refractivity contribution in [2.24, 2.45) is 0 Å². The zero-order valence-corrected chi connectivity index (χ0v) is 6.05. The van der Waals surface area contributed by atoms with Crippen molar-refractivity contribution in [1.29, 1.82) is 0 Å². The van der Waals surface area contributed by atoms with Crippen molar-refractivity contribution in [2.45, 2.75) is 20.3 Å². The molecular formula is C6H10OS. The highest BCUT2D eigenvalue weighted by Gasteiger charge is 2.19. The smallest absolute Gasteiger partial charge is 0.125 e. The lowest BCUT2D eigenvalue weighted by atomic mass is 10.2. The molecule has 0 amide bonds. The molecule has 0 aromatic rings. The zero-order chi connectivity index (χ0) is 6.15. The van der Waals surface area contributed by atoms with Crippen LogP contribution in [0.4, 0.5) is 0 Å². The summed E-state index contributed by atoms with van der Waals surface area (Å²) in [6.45, 7) is 4.01. The van der Waals surface area contributed by atoms with Crippen LogP contribution in [0.5, 0.6) is 0 Å². The Labute approximate surface area is 53.0 Å². The van der Waals surface area contributed by atoms with E-state index in [1.54, 1.807) is 0 Å². The van der Waals surface area contributed by atoms with Crippen molar-refractivity contribution in [1.82, 2.24) is 0 Å². The van der Waals surface area contributed by atoms with Crippen LogP contribution in [0, 0.1) is 0 Å². The number of hydrogen-bond donors (Lipinski definition) is 0. The third kappa shape index (κ3) is 0.906. The molecule has 1 nitrogen and oxygen atoms in total. The van der Waals surface area contributed by atoms with Crippen LogP contribution in [0.1, 0.15) is 20.3 Å². The summed E-state index contributed by atoms with van der Waals surface area (Å²) in [4.78, 5) is 1.10. The van der Waals surface area contributed by atoms with Crippen LogP contribution in [-0.4, -0.2) is 10.3 Å². The van der Waals surface area contributed by atoms with Crippen molar-refractivity contribution in [3.8, 4) is 0 Å². The Kier molecular flexibility index (Phi) is 1.63. The van der Waals surface area contributed by atoms with Gasteiger partial charge in [0.1, 0.15) is 10.7 Å². The average molecular weight is 130 g/mol. The molecule has 0 fully saturated rings. The van der Waals surface area contributed by atoms with E-state index >= 15 is 0 Å². The van der Waals surface area contributed by atoms with Crippen LogP contribution in [0.3, 0.4) is 0 Å². The van der Waals surface area contributed by atoms with Crippen LogP contribution in [0.2, 0.25) is 0 Å². The fourth-order valence-corrected chi connectivity index (χ4v) is 2.06. The van der Waals surface area contributed by atoms with Crippen LogP contribution in [0.15, 0.2) is 10.5 Å². The van der Waals surface area contributed by atoms with Gasteiger partial charge in [0.15, 0.2) is 0 Å². The van der Waals surface area contributed by atoms with Crippen LogP contribution < -0.4 is 0 Å². The first-order valence-corrected chi connectivity index (χ1v) is 4.08. The van der Waals surface area contributed by atoms with Crippen molar-refractivity contribution in [3.63, 3.8) is 0 Å². The molecule has 1 aliphatic heterocycles. The standard InChI is InChI=1S/C6H10OS/c1-5-3-4-8(7)6(5)2/h3-4H2,1-2H3/t8-/m0/s1. The SMILES string of the molecule is CC1=C(C)[S@@+]([O-])CC1. The first-order chi connectivity index (χ1) is 3.72. The molecule has 1 aliphatic rings. The zero-order valence-electron chi connectivity index (χ0n) is 5.23. The topological polar surface area (TPSA) is 23.1 Å². The first kappa shape index (κ1) is 6.17. The van der Waals surface area contributed by atoms with E-state index < -0.39 is 11.2 Å². The van der Waals surface area contributed by atoms with E-state index in [4.69, 9.17) is 0 Å². The average Bonchev–Trinajstić information content (AvgIpc) is 1.98. The molecular weight excluding hydrogens is 120 g/mol. The van der Waals surface area contributed by atoms with Gasteiger partial charge in [-0.25, -0.2) is 0 Å². The summed E-state index contributed by atoms with van der Waals surface area (Å²) < 4.78 is 10.8. The second kappa shape index (κ2) is 2.11. The predicted octanol–water partition coefficient (Wildman–Crippen LogP) is 1.43.